The standard InChI is InChI=1S/C9H7ClF3N/c10-7-4-14-8(9(11,12)13)3-6(7)5-1-2-5/h3-5H,1-2H2. The summed E-state index contributed by atoms with van der Waals surface area (Å²) in [7, 11) is 0. The maximum absolute atomic E-state index is 12.3. The van der Waals surface area contributed by atoms with Crippen molar-refractivity contribution in [3.63, 3.8) is 0 Å². The van der Waals surface area contributed by atoms with Crippen molar-refractivity contribution in [2.24, 2.45) is 0 Å². The quantitative estimate of drug-likeness (QED) is 0.706. The van der Waals surface area contributed by atoms with E-state index in [2.05, 4.69) is 4.98 Å². The van der Waals surface area contributed by atoms with E-state index in [1.165, 1.54) is 0 Å². The van der Waals surface area contributed by atoms with Crippen LogP contribution < -0.4 is 0 Å². The third-order valence-electron chi connectivity index (χ3n) is 2.19. The van der Waals surface area contributed by atoms with Gasteiger partial charge in [0, 0.05) is 6.20 Å². The Morgan fingerprint density at radius 2 is 2.00 bits per heavy atom. The van der Waals surface area contributed by atoms with Crippen LogP contribution in [0, 0.1) is 0 Å². The van der Waals surface area contributed by atoms with Gasteiger partial charge in [0.1, 0.15) is 5.69 Å². The van der Waals surface area contributed by atoms with Gasteiger partial charge < -0.3 is 0 Å². The van der Waals surface area contributed by atoms with Crippen molar-refractivity contribution in [1.82, 2.24) is 4.98 Å². The fourth-order valence-electron chi connectivity index (χ4n) is 1.32. The minimum atomic E-state index is -4.38. The van der Waals surface area contributed by atoms with E-state index in [1.54, 1.807) is 0 Å². The van der Waals surface area contributed by atoms with Crippen molar-refractivity contribution in [2.75, 3.05) is 0 Å². The number of nitrogens with zero attached hydrogens (tertiary/aromatic N) is 1. The van der Waals surface area contributed by atoms with Crippen LogP contribution in [0.3, 0.4) is 0 Å². The lowest BCUT2D eigenvalue weighted by Crippen LogP contribution is -2.08. The molecule has 1 saturated carbocycles. The lowest BCUT2D eigenvalue weighted by molar-refractivity contribution is -0.141. The SMILES string of the molecule is FC(F)(F)c1cc(C2CC2)c(Cl)cn1. The fraction of sp³-hybridized carbons (Fsp3) is 0.444. The average molecular weight is 222 g/mol. The first kappa shape index (κ1) is 9.77. The first-order valence-corrected chi connectivity index (χ1v) is 4.59. The smallest absolute Gasteiger partial charge is 0.250 e. The zero-order valence-electron chi connectivity index (χ0n) is 7.11. The minimum Gasteiger partial charge on any atom is -0.250 e. The molecule has 0 aromatic carbocycles. The van der Waals surface area contributed by atoms with Gasteiger partial charge in [0.15, 0.2) is 0 Å². The van der Waals surface area contributed by atoms with Gasteiger partial charge >= 0.3 is 6.18 Å². The van der Waals surface area contributed by atoms with Crippen molar-refractivity contribution in [1.29, 1.82) is 0 Å². The molecule has 1 fully saturated rings. The van der Waals surface area contributed by atoms with Gasteiger partial charge in [0.25, 0.3) is 0 Å². The summed E-state index contributed by atoms with van der Waals surface area (Å²) < 4.78 is 36.8. The van der Waals surface area contributed by atoms with E-state index >= 15 is 0 Å². The predicted molar refractivity (Wildman–Crippen MR) is 46.2 cm³/mol. The third kappa shape index (κ3) is 1.85. The fourth-order valence-corrected chi connectivity index (χ4v) is 1.57. The Balaban J connectivity index is 2.40. The van der Waals surface area contributed by atoms with Crippen LogP contribution in [0.25, 0.3) is 0 Å². The molecule has 0 spiro atoms. The molecule has 1 aliphatic carbocycles. The second-order valence-electron chi connectivity index (χ2n) is 3.36. The van der Waals surface area contributed by atoms with E-state index in [1.807, 2.05) is 0 Å². The molecule has 2 rings (SSSR count). The third-order valence-corrected chi connectivity index (χ3v) is 2.51. The van der Waals surface area contributed by atoms with Gasteiger partial charge in [-0.3, -0.25) is 4.98 Å². The summed E-state index contributed by atoms with van der Waals surface area (Å²) in [6.45, 7) is 0. The molecule has 5 heteroatoms. The molecule has 0 N–H and O–H groups in total. The van der Waals surface area contributed by atoms with E-state index in [9.17, 15) is 13.2 Å². The van der Waals surface area contributed by atoms with E-state index in [-0.39, 0.29) is 5.92 Å². The van der Waals surface area contributed by atoms with Crippen molar-refractivity contribution in [3.05, 3.63) is 28.5 Å². The summed E-state index contributed by atoms with van der Waals surface area (Å²) in [5, 5.41) is 0.334. The summed E-state index contributed by atoms with van der Waals surface area (Å²) in [5.74, 6) is 0.201. The summed E-state index contributed by atoms with van der Waals surface area (Å²) in [5.41, 5.74) is -0.280. The van der Waals surface area contributed by atoms with Crippen molar-refractivity contribution in [2.45, 2.75) is 24.9 Å². The van der Waals surface area contributed by atoms with Crippen LogP contribution in [0.15, 0.2) is 12.3 Å². The average Bonchev–Trinajstić information content (AvgIpc) is 2.85. The summed E-state index contributed by atoms with van der Waals surface area (Å²) in [6, 6.07) is 1.06. The van der Waals surface area contributed by atoms with Gasteiger partial charge in [-0.25, -0.2) is 0 Å². The highest BCUT2D eigenvalue weighted by Crippen LogP contribution is 2.44. The first-order valence-electron chi connectivity index (χ1n) is 4.21. The molecule has 0 aliphatic heterocycles. The molecule has 0 radical (unpaired) electrons. The van der Waals surface area contributed by atoms with Gasteiger partial charge in [-0.05, 0) is 30.4 Å². The Bertz CT molecular complexity index is 358. The molecule has 76 valence electrons. The Morgan fingerprint density at radius 1 is 1.36 bits per heavy atom. The van der Waals surface area contributed by atoms with Crippen LogP contribution in [0.1, 0.15) is 30.0 Å². The van der Waals surface area contributed by atoms with Crippen molar-refractivity contribution in [3.8, 4) is 0 Å². The monoisotopic (exact) mass is 221 g/mol. The molecule has 0 bridgehead atoms. The summed E-state index contributed by atoms with van der Waals surface area (Å²) in [4.78, 5) is 3.26. The second kappa shape index (κ2) is 3.12. The Labute approximate surface area is 83.9 Å². The molecule has 1 aliphatic rings. The molecule has 14 heavy (non-hydrogen) atoms. The van der Waals surface area contributed by atoms with Crippen LogP contribution in [0.4, 0.5) is 13.2 Å². The van der Waals surface area contributed by atoms with Crippen molar-refractivity contribution < 1.29 is 13.2 Å². The predicted octanol–water partition coefficient (Wildman–Crippen LogP) is 3.63. The Kier molecular flexibility index (Phi) is 2.18. The molecule has 1 nitrogen and oxygen atoms in total. The first-order chi connectivity index (χ1) is 6.48. The maximum atomic E-state index is 12.3. The Morgan fingerprint density at radius 3 is 2.50 bits per heavy atom. The lowest BCUT2D eigenvalue weighted by Gasteiger charge is -2.08. The molecular weight excluding hydrogens is 215 g/mol. The van der Waals surface area contributed by atoms with Crippen LogP contribution >= 0.6 is 11.6 Å². The number of hydrogen-bond acceptors (Lipinski definition) is 1. The van der Waals surface area contributed by atoms with Gasteiger partial charge in [-0.15, -0.1) is 0 Å². The van der Waals surface area contributed by atoms with Crippen LogP contribution in [-0.4, -0.2) is 4.98 Å². The molecule has 1 aromatic rings. The molecule has 1 heterocycles. The molecule has 0 amide bonds. The molecule has 0 unspecified atom stereocenters. The van der Waals surface area contributed by atoms with Gasteiger partial charge in [0.2, 0.25) is 0 Å². The van der Waals surface area contributed by atoms with Gasteiger partial charge in [-0.2, -0.15) is 13.2 Å². The number of pyridine rings is 1. The van der Waals surface area contributed by atoms with Gasteiger partial charge in [0.05, 0.1) is 5.02 Å². The number of aromatic nitrogens is 1. The number of rotatable bonds is 1. The lowest BCUT2D eigenvalue weighted by atomic mass is 10.1. The topological polar surface area (TPSA) is 12.9 Å². The highest BCUT2D eigenvalue weighted by Gasteiger charge is 2.35. The van der Waals surface area contributed by atoms with Gasteiger partial charge in [-0.1, -0.05) is 11.6 Å². The minimum absolute atomic E-state index is 0.201. The number of hydrogen-bond donors (Lipinski definition) is 0. The molecule has 1 aromatic heterocycles. The van der Waals surface area contributed by atoms with E-state index < -0.39 is 11.9 Å². The van der Waals surface area contributed by atoms with Crippen LogP contribution in [-0.2, 0) is 6.18 Å². The van der Waals surface area contributed by atoms with E-state index in [0.29, 0.717) is 10.6 Å². The largest absolute Gasteiger partial charge is 0.433 e. The van der Waals surface area contributed by atoms with Crippen LogP contribution in [0.5, 0.6) is 0 Å². The second-order valence-corrected chi connectivity index (χ2v) is 3.77. The van der Waals surface area contributed by atoms with E-state index in [0.717, 1.165) is 25.1 Å². The normalized spacial score (nSPS) is 17.1. The van der Waals surface area contributed by atoms with Crippen molar-refractivity contribution >= 4 is 11.6 Å². The molecule has 0 saturated heterocycles. The highest BCUT2D eigenvalue weighted by atomic mass is 35.5. The zero-order valence-corrected chi connectivity index (χ0v) is 7.86. The highest BCUT2D eigenvalue weighted by molar-refractivity contribution is 6.31. The van der Waals surface area contributed by atoms with Crippen LogP contribution in [0.2, 0.25) is 5.02 Å². The molecule has 0 atom stereocenters. The molecular formula is C9H7ClF3N. The zero-order chi connectivity index (χ0) is 10.3. The summed E-state index contributed by atoms with van der Waals surface area (Å²) in [6.07, 6.45) is -1.46. The number of alkyl halides is 3. The maximum Gasteiger partial charge on any atom is 0.433 e. The summed E-state index contributed by atoms with van der Waals surface area (Å²) >= 11 is 5.75. The van der Waals surface area contributed by atoms with E-state index in [4.69, 9.17) is 11.6 Å². The number of halogens is 4. The Hall–Kier alpha value is -0.770.